The van der Waals surface area contributed by atoms with E-state index in [1.807, 2.05) is 50.2 Å². The normalized spacial score (nSPS) is 11.2. The lowest BCUT2D eigenvalue weighted by molar-refractivity contribution is 0.0929. The van der Waals surface area contributed by atoms with E-state index in [2.05, 4.69) is 54.5 Å². The summed E-state index contributed by atoms with van der Waals surface area (Å²) in [7, 11) is 0. The van der Waals surface area contributed by atoms with Crippen LogP contribution in [0, 0.1) is 6.92 Å². The van der Waals surface area contributed by atoms with Crippen LogP contribution in [0.4, 0.5) is 0 Å². The fourth-order valence-corrected chi connectivity index (χ4v) is 4.20. The number of nitrogens with zero attached hydrogens (tertiary/aromatic N) is 1. The maximum atomic E-state index is 12.4. The van der Waals surface area contributed by atoms with E-state index in [4.69, 9.17) is 13.9 Å². The summed E-state index contributed by atoms with van der Waals surface area (Å²) in [4.78, 5) is 12.4. The number of hydrazone groups is 1. The Bertz CT molecular complexity index is 1350. The molecule has 1 heterocycles. The van der Waals surface area contributed by atoms with E-state index in [-0.39, 0.29) is 5.76 Å². The summed E-state index contributed by atoms with van der Waals surface area (Å²) in [5, 5.41) is 4.90. The lowest BCUT2D eigenvalue weighted by Crippen LogP contribution is -2.16. The number of aryl methyl sites for hydroxylation is 1. The molecule has 0 fully saturated rings. The average molecular weight is 586 g/mol. The summed E-state index contributed by atoms with van der Waals surface area (Å²) in [6.07, 6.45) is 1.54. The van der Waals surface area contributed by atoms with Gasteiger partial charge in [-0.1, -0.05) is 45.8 Å². The fourth-order valence-electron chi connectivity index (χ4n) is 3.25. The van der Waals surface area contributed by atoms with Crippen LogP contribution < -0.4 is 14.9 Å². The van der Waals surface area contributed by atoms with E-state index in [0.717, 1.165) is 25.5 Å². The van der Waals surface area contributed by atoms with Crippen molar-refractivity contribution in [3.05, 3.63) is 92.1 Å². The van der Waals surface area contributed by atoms with E-state index >= 15 is 0 Å². The first kappa shape index (κ1) is 24.0. The van der Waals surface area contributed by atoms with Crippen LogP contribution in [0.15, 0.2) is 79.1 Å². The molecule has 0 saturated heterocycles. The lowest BCUT2D eigenvalue weighted by atomic mass is 10.2. The summed E-state index contributed by atoms with van der Waals surface area (Å²) in [6, 6.07) is 19.0. The highest BCUT2D eigenvalue weighted by atomic mass is 79.9. The van der Waals surface area contributed by atoms with Gasteiger partial charge in [-0.25, -0.2) is 5.43 Å². The maximum Gasteiger partial charge on any atom is 0.307 e. The molecule has 4 aromatic rings. The number of carbonyl (C=O) groups excluding carboxylic acids is 1. The first-order valence-electron chi connectivity index (χ1n) is 10.6. The number of carbonyl (C=O) groups is 1. The minimum absolute atomic E-state index is 0.182. The monoisotopic (exact) mass is 584 g/mol. The summed E-state index contributed by atoms with van der Waals surface area (Å²) < 4.78 is 19.0. The van der Waals surface area contributed by atoms with Crippen LogP contribution in [0.1, 0.15) is 34.2 Å². The van der Waals surface area contributed by atoms with Gasteiger partial charge >= 0.3 is 5.91 Å². The van der Waals surface area contributed by atoms with Crippen molar-refractivity contribution in [1.29, 1.82) is 0 Å². The fraction of sp³-hybridized carbons (Fsp3) is 0.154. The van der Waals surface area contributed by atoms with Gasteiger partial charge in [0.1, 0.15) is 12.2 Å². The van der Waals surface area contributed by atoms with E-state index in [1.54, 1.807) is 12.1 Å². The zero-order valence-corrected chi connectivity index (χ0v) is 21.8. The summed E-state index contributed by atoms with van der Waals surface area (Å²) in [6.45, 7) is 4.85. The Morgan fingerprint density at radius 1 is 1.06 bits per heavy atom. The molecule has 4 rings (SSSR count). The number of hydrogen-bond donors (Lipinski definition) is 1. The van der Waals surface area contributed by atoms with Crippen molar-refractivity contribution in [1.82, 2.24) is 5.43 Å². The number of ether oxygens (including phenoxy) is 2. The smallest absolute Gasteiger partial charge is 0.307 e. The van der Waals surface area contributed by atoms with Gasteiger partial charge in [0.15, 0.2) is 17.3 Å². The molecule has 174 valence electrons. The first-order valence-corrected chi connectivity index (χ1v) is 12.2. The molecule has 0 aliphatic heterocycles. The minimum atomic E-state index is -0.439. The van der Waals surface area contributed by atoms with Crippen LogP contribution in [0.3, 0.4) is 0 Å². The summed E-state index contributed by atoms with van der Waals surface area (Å²) in [5.74, 6) is 0.934. The highest BCUT2D eigenvalue weighted by molar-refractivity contribution is 9.10. The average Bonchev–Trinajstić information content (AvgIpc) is 3.23. The molecule has 0 atom stereocenters. The van der Waals surface area contributed by atoms with Crippen LogP contribution in [0.2, 0.25) is 0 Å². The molecule has 1 amide bonds. The van der Waals surface area contributed by atoms with Crippen LogP contribution >= 0.6 is 31.9 Å². The van der Waals surface area contributed by atoms with E-state index in [0.29, 0.717) is 30.3 Å². The Kier molecular flexibility index (Phi) is 7.70. The summed E-state index contributed by atoms with van der Waals surface area (Å²) >= 11 is 6.97. The molecule has 3 aromatic carbocycles. The molecule has 34 heavy (non-hydrogen) atoms. The van der Waals surface area contributed by atoms with Crippen LogP contribution in [0.5, 0.6) is 11.5 Å². The van der Waals surface area contributed by atoms with Crippen LogP contribution in [-0.2, 0) is 6.61 Å². The number of furan rings is 1. The van der Waals surface area contributed by atoms with Gasteiger partial charge in [0.05, 0.1) is 17.3 Å². The number of nitrogens with one attached hydrogen (secondary N) is 1. The summed E-state index contributed by atoms with van der Waals surface area (Å²) in [5.41, 5.74) is 6.11. The van der Waals surface area contributed by atoms with Crippen LogP contribution in [-0.4, -0.2) is 18.7 Å². The Labute approximate surface area is 214 Å². The van der Waals surface area contributed by atoms with E-state index in [1.165, 1.54) is 11.8 Å². The third-order valence-corrected chi connectivity index (χ3v) is 6.00. The first-order chi connectivity index (χ1) is 16.4. The van der Waals surface area contributed by atoms with Gasteiger partial charge in [0.25, 0.3) is 0 Å². The van der Waals surface area contributed by atoms with Gasteiger partial charge < -0.3 is 13.9 Å². The maximum absolute atomic E-state index is 12.4. The molecule has 0 bridgehead atoms. The Morgan fingerprint density at radius 2 is 1.85 bits per heavy atom. The van der Waals surface area contributed by atoms with Crippen molar-refractivity contribution in [2.75, 3.05) is 6.61 Å². The zero-order valence-electron chi connectivity index (χ0n) is 18.6. The Balaban J connectivity index is 1.46. The standard InChI is InChI=1S/C26H22Br2N2O4/c1-3-32-23-11-18(10-21(28)25(23)33-15-17-6-4-16(2)5-7-17)14-29-30-26(31)24-13-19-12-20(27)8-9-22(19)34-24/h4-14H,3,15H2,1-2H3,(H,30,31)/b29-14+. The largest absolute Gasteiger partial charge is 0.490 e. The third-order valence-electron chi connectivity index (χ3n) is 4.92. The highest BCUT2D eigenvalue weighted by Gasteiger charge is 2.14. The van der Waals surface area contributed by atoms with Gasteiger partial charge in [-0.2, -0.15) is 5.10 Å². The molecule has 0 aliphatic rings. The molecule has 0 unspecified atom stereocenters. The van der Waals surface area contributed by atoms with Gasteiger partial charge in [-0.15, -0.1) is 0 Å². The predicted octanol–water partition coefficient (Wildman–Crippen LogP) is 7.01. The number of hydrogen-bond acceptors (Lipinski definition) is 5. The molecule has 0 aliphatic carbocycles. The van der Waals surface area contributed by atoms with Crippen molar-refractivity contribution in [3.8, 4) is 11.5 Å². The Hall–Kier alpha value is -3.10. The molecule has 1 aromatic heterocycles. The molecule has 6 nitrogen and oxygen atoms in total. The minimum Gasteiger partial charge on any atom is -0.490 e. The van der Waals surface area contributed by atoms with Crippen molar-refractivity contribution < 1.29 is 18.7 Å². The second-order valence-corrected chi connectivity index (χ2v) is 9.30. The van der Waals surface area contributed by atoms with Crippen molar-refractivity contribution >= 4 is 55.0 Å². The van der Waals surface area contributed by atoms with Gasteiger partial charge in [0.2, 0.25) is 0 Å². The lowest BCUT2D eigenvalue weighted by Gasteiger charge is -2.14. The molecule has 0 spiro atoms. The number of halogens is 2. The number of benzene rings is 3. The van der Waals surface area contributed by atoms with Gasteiger partial charge in [-0.3, -0.25) is 4.79 Å². The number of amides is 1. The van der Waals surface area contributed by atoms with E-state index < -0.39 is 5.91 Å². The van der Waals surface area contributed by atoms with Crippen molar-refractivity contribution in [3.63, 3.8) is 0 Å². The number of rotatable bonds is 8. The molecular formula is C26H22Br2N2O4. The second-order valence-electron chi connectivity index (χ2n) is 7.53. The topological polar surface area (TPSA) is 73.1 Å². The molecule has 8 heteroatoms. The third kappa shape index (κ3) is 5.87. The molecular weight excluding hydrogens is 564 g/mol. The highest BCUT2D eigenvalue weighted by Crippen LogP contribution is 2.37. The zero-order chi connectivity index (χ0) is 24.1. The molecule has 0 radical (unpaired) electrons. The van der Waals surface area contributed by atoms with Crippen molar-refractivity contribution in [2.24, 2.45) is 5.10 Å². The molecule has 0 saturated carbocycles. The van der Waals surface area contributed by atoms with E-state index in [9.17, 15) is 4.79 Å². The number of fused-ring (bicyclic) bond motifs is 1. The van der Waals surface area contributed by atoms with Gasteiger partial charge in [0, 0.05) is 9.86 Å². The second kappa shape index (κ2) is 10.9. The van der Waals surface area contributed by atoms with Crippen LogP contribution in [0.25, 0.3) is 11.0 Å². The van der Waals surface area contributed by atoms with Crippen molar-refractivity contribution in [2.45, 2.75) is 20.5 Å². The molecule has 1 N–H and O–H groups in total. The Morgan fingerprint density at radius 3 is 2.62 bits per heavy atom. The SMILES string of the molecule is CCOc1cc(/C=N/NC(=O)c2cc3cc(Br)ccc3o2)cc(Br)c1OCc1ccc(C)cc1. The van der Waals surface area contributed by atoms with Gasteiger partial charge in [-0.05, 0) is 77.3 Å². The predicted molar refractivity (Wildman–Crippen MR) is 140 cm³/mol. The quantitative estimate of drug-likeness (QED) is 0.178.